The molecule has 0 atom stereocenters. The van der Waals surface area contributed by atoms with Crippen molar-refractivity contribution >= 4 is 27.5 Å². The van der Waals surface area contributed by atoms with E-state index >= 15 is 0 Å². The number of nitrogens with one attached hydrogen (secondary N) is 1. The lowest BCUT2D eigenvalue weighted by Gasteiger charge is -2.27. The highest BCUT2D eigenvalue weighted by atomic mass is 32.2. The molecule has 0 unspecified atom stereocenters. The van der Waals surface area contributed by atoms with Crippen LogP contribution < -0.4 is 10.9 Å². The normalized spacial score (nSPS) is 14.5. The Morgan fingerprint density at radius 3 is 2.26 bits per heavy atom. The number of amides is 2. The number of aryl methyl sites for hydroxylation is 1. The van der Waals surface area contributed by atoms with Gasteiger partial charge >= 0.3 is 0 Å². The van der Waals surface area contributed by atoms with Gasteiger partial charge < -0.3 is 19.5 Å². The van der Waals surface area contributed by atoms with Crippen LogP contribution >= 0.6 is 0 Å². The Hall–Kier alpha value is -3.02. The van der Waals surface area contributed by atoms with Gasteiger partial charge in [-0.25, -0.2) is 12.7 Å². The van der Waals surface area contributed by atoms with Crippen molar-refractivity contribution in [3.63, 3.8) is 0 Å². The zero-order valence-electron chi connectivity index (χ0n) is 17.5. The van der Waals surface area contributed by atoms with E-state index in [0.717, 1.165) is 4.31 Å². The van der Waals surface area contributed by atoms with Crippen molar-refractivity contribution in [1.29, 1.82) is 0 Å². The van der Waals surface area contributed by atoms with Gasteiger partial charge in [-0.2, -0.15) is 0 Å². The number of rotatable bonds is 5. The average Bonchev–Trinajstić information content (AvgIpc) is 2.76. The first kappa shape index (κ1) is 22.7. The van der Waals surface area contributed by atoms with Crippen LogP contribution in [0.25, 0.3) is 0 Å². The third kappa shape index (κ3) is 4.84. The molecule has 1 aliphatic heterocycles. The molecule has 0 aliphatic carbocycles. The molecule has 1 aromatic heterocycles. The monoisotopic (exact) mass is 448 g/mol. The first-order valence-electron chi connectivity index (χ1n) is 9.53. The standard InChI is InChI=1S/C20H24N4O6S/c1-22(2)31(28,29)16-6-4-14(5-7-16)18(25)21-17-12-15(13-23(3)20(17)27)19(26)24-8-10-30-11-9-24/h4-7,12-13H,8-11H2,1-3H3,(H,21,25). The maximum atomic E-state index is 12.7. The van der Waals surface area contributed by atoms with Crippen LogP contribution in [0.2, 0.25) is 0 Å². The molecule has 2 amide bonds. The molecular formula is C20H24N4O6S. The second-order valence-corrected chi connectivity index (χ2v) is 9.38. The van der Waals surface area contributed by atoms with Gasteiger partial charge in [0.15, 0.2) is 0 Å². The number of benzene rings is 1. The molecule has 10 nitrogen and oxygen atoms in total. The molecule has 1 N–H and O–H groups in total. The first-order chi connectivity index (χ1) is 14.6. The molecule has 1 aliphatic rings. The van der Waals surface area contributed by atoms with Crippen LogP contribution in [-0.2, 0) is 21.8 Å². The first-order valence-corrected chi connectivity index (χ1v) is 11.0. The minimum absolute atomic E-state index is 0.0445. The van der Waals surface area contributed by atoms with Crippen LogP contribution in [0, 0.1) is 0 Å². The summed E-state index contributed by atoms with van der Waals surface area (Å²) in [7, 11) is 0.703. The van der Waals surface area contributed by atoms with E-state index in [1.54, 1.807) is 4.90 Å². The van der Waals surface area contributed by atoms with Crippen molar-refractivity contribution in [2.45, 2.75) is 4.90 Å². The molecule has 1 fully saturated rings. The highest BCUT2D eigenvalue weighted by Crippen LogP contribution is 2.16. The molecule has 0 bridgehead atoms. The molecule has 31 heavy (non-hydrogen) atoms. The summed E-state index contributed by atoms with van der Waals surface area (Å²) in [5.41, 5.74) is -0.0772. The summed E-state index contributed by atoms with van der Waals surface area (Å²) in [5, 5.41) is 2.52. The highest BCUT2D eigenvalue weighted by molar-refractivity contribution is 7.89. The van der Waals surface area contributed by atoms with Gasteiger partial charge in [0.1, 0.15) is 5.69 Å². The van der Waals surface area contributed by atoms with E-state index in [-0.39, 0.29) is 27.6 Å². The van der Waals surface area contributed by atoms with E-state index in [4.69, 9.17) is 4.74 Å². The number of carbonyl (C=O) groups is 2. The number of pyridine rings is 1. The van der Waals surface area contributed by atoms with Crippen molar-refractivity contribution < 1.29 is 22.7 Å². The predicted molar refractivity (Wildman–Crippen MR) is 114 cm³/mol. The van der Waals surface area contributed by atoms with Gasteiger partial charge in [0.05, 0.1) is 23.7 Å². The second-order valence-electron chi connectivity index (χ2n) is 7.23. The van der Waals surface area contributed by atoms with E-state index in [9.17, 15) is 22.8 Å². The van der Waals surface area contributed by atoms with E-state index in [2.05, 4.69) is 5.32 Å². The Kier molecular flexibility index (Phi) is 6.58. The SMILES string of the molecule is CN(C)S(=O)(=O)c1ccc(C(=O)Nc2cc(C(=O)N3CCOCC3)cn(C)c2=O)cc1. The maximum Gasteiger partial charge on any atom is 0.274 e. The number of hydrogen-bond donors (Lipinski definition) is 1. The fourth-order valence-electron chi connectivity index (χ4n) is 3.05. The summed E-state index contributed by atoms with van der Waals surface area (Å²) < 4.78 is 31.9. The lowest BCUT2D eigenvalue weighted by atomic mass is 10.2. The van der Waals surface area contributed by atoms with Gasteiger partial charge in [0, 0.05) is 46.0 Å². The van der Waals surface area contributed by atoms with Crippen molar-refractivity contribution in [1.82, 2.24) is 13.8 Å². The number of hydrogen-bond acceptors (Lipinski definition) is 6. The lowest BCUT2D eigenvalue weighted by molar-refractivity contribution is 0.0302. The summed E-state index contributed by atoms with van der Waals surface area (Å²) in [6.45, 7) is 1.79. The third-order valence-corrected chi connectivity index (χ3v) is 6.70. The van der Waals surface area contributed by atoms with Crippen LogP contribution in [0.15, 0.2) is 46.2 Å². The number of nitrogens with zero attached hydrogens (tertiary/aromatic N) is 3. The lowest BCUT2D eigenvalue weighted by Crippen LogP contribution is -2.41. The van der Waals surface area contributed by atoms with Crippen LogP contribution in [0.3, 0.4) is 0 Å². The number of anilines is 1. The largest absolute Gasteiger partial charge is 0.378 e. The topological polar surface area (TPSA) is 118 Å². The summed E-state index contributed by atoms with van der Waals surface area (Å²) in [5.74, 6) is -0.852. The summed E-state index contributed by atoms with van der Waals surface area (Å²) in [6.07, 6.45) is 1.43. The number of morpholine rings is 1. The molecule has 3 rings (SSSR count). The van der Waals surface area contributed by atoms with E-state index in [1.165, 1.54) is 62.2 Å². The molecule has 0 saturated carbocycles. The summed E-state index contributed by atoms with van der Waals surface area (Å²) >= 11 is 0. The van der Waals surface area contributed by atoms with Gasteiger partial charge in [-0.1, -0.05) is 0 Å². The Balaban J connectivity index is 1.83. The summed E-state index contributed by atoms with van der Waals surface area (Å²) in [4.78, 5) is 39.5. The fourth-order valence-corrected chi connectivity index (χ4v) is 3.95. The second kappa shape index (κ2) is 9.00. The Morgan fingerprint density at radius 1 is 1.06 bits per heavy atom. The fraction of sp³-hybridized carbons (Fsp3) is 0.350. The minimum atomic E-state index is -3.62. The Bertz CT molecular complexity index is 1150. The minimum Gasteiger partial charge on any atom is -0.378 e. The number of sulfonamides is 1. The molecule has 2 heterocycles. The van der Waals surface area contributed by atoms with Crippen LogP contribution in [0.5, 0.6) is 0 Å². The van der Waals surface area contributed by atoms with Gasteiger partial charge in [0.2, 0.25) is 10.0 Å². The quantitative estimate of drug-likeness (QED) is 0.706. The zero-order valence-corrected chi connectivity index (χ0v) is 18.3. The number of ether oxygens (including phenoxy) is 1. The van der Waals surface area contributed by atoms with Crippen LogP contribution in [0.4, 0.5) is 5.69 Å². The molecule has 11 heteroatoms. The molecule has 166 valence electrons. The van der Waals surface area contributed by atoms with Crippen LogP contribution in [-0.4, -0.2) is 74.4 Å². The molecule has 1 saturated heterocycles. The molecule has 2 aromatic rings. The van der Waals surface area contributed by atoms with Gasteiger partial charge in [-0.15, -0.1) is 0 Å². The summed E-state index contributed by atoms with van der Waals surface area (Å²) in [6, 6.07) is 6.71. The van der Waals surface area contributed by atoms with Gasteiger partial charge in [-0.05, 0) is 30.3 Å². The molecular weight excluding hydrogens is 424 g/mol. The average molecular weight is 449 g/mol. The smallest absolute Gasteiger partial charge is 0.274 e. The molecule has 0 spiro atoms. The maximum absolute atomic E-state index is 12.7. The van der Waals surface area contributed by atoms with E-state index in [0.29, 0.717) is 26.3 Å². The van der Waals surface area contributed by atoms with Crippen molar-refractivity contribution in [3.8, 4) is 0 Å². The highest BCUT2D eigenvalue weighted by Gasteiger charge is 2.21. The Labute approximate surface area is 180 Å². The van der Waals surface area contributed by atoms with Crippen molar-refractivity contribution in [2.75, 3.05) is 45.7 Å². The molecule has 0 radical (unpaired) electrons. The van der Waals surface area contributed by atoms with Crippen LogP contribution in [0.1, 0.15) is 20.7 Å². The van der Waals surface area contributed by atoms with Crippen molar-refractivity contribution in [3.05, 3.63) is 58.0 Å². The predicted octanol–water partition coefficient (Wildman–Crippen LogP) is 0.360. The number of carbonyl (C=O) groups excluding carboxylic acids is 2. The van der Waals surface area contributed by atoms with Gasteiger partial charge in [0.25, 0.3) is 17.4 Å². The van der Waals surface area contributed by atoms with Gasteiger partial charge in [-0.3, -0.25) is 14.4 Å². The van der Waals surface area contributed by atoms with Crippen molar-refractivity contribution in [2.24, 2.45) is 7.05 Å². The third-order valence-electron chi connectivity index (χ3n) is 4.87. The molecule has 1 aromatic carbocycles. The zero-order chi connectivity index (χ0) is 22.8. The number of aromatic nitrogens is 1. The van der Waals surface area contributed by atoms with E-state index in [1.807, 2.05) is 0 Å². The van der Waals surface area contributed by atoms with E-state index < -0.39 is 21.5 Å². The Morgan fingerprint density at radius 2 is 1.68 bits per heavy atom.